The minimum Gasteiger partial charge on any atom is -0.368 e. The Kier molecular flexibility index (Phi) is 7.82. The second-order valence-electron chi connectivity index (χ2n) is 9.44. The van der Waals surface area contributed by atoms with Crippen molar-refractivity contribution in [1.29, 1.82) is 0 Å². The average Bonchev–Trinajstić information content (AvgIpc) is 3.22. The molecule has 1 aromatic rings. The van der Waals surface area contributed by atoms with E-state index in [0.29, 0.717) is 23.8 Å². The van der Waals surface area contributed by atoms with Crippen LogP contribution in [0.3, 0.4) is 0 Å². The van der Waals surface area contributed by atoms with Crippen molar-refractivity contribution in [2.75, 3.05) is 11.9 Å². The average molecular weight is 448 g/mol. The van der Waals surface area contributed by atoms with Crippen LogP contribution in [0.1, 0.15) is 88.3 Å². The van der Waals surface area contributed by atoms with Crippen molar-refractivity contribution in [2.45, 2.75) is 108 Å². The highest BCUT2D eigenvalue weighted by molar-refractivity contribution is 7.15. The maximum absolute atomic E-state index is 13.4. The van der Waals surface area contributed by atoms with Gasteiger partial charge < -0.3 is 10.6 Å². The van der Waals surface area contributed by atoms with Gasteiger partial charge in [0.05, 0.1) is 6.04 Å². The van der Waals surface area contributed by atoms with E-state index in [9.17, 15) is 9.59 Å². The lowest BCUT2D eigenvalue weighted by Gasteiger charge is -2.41. The van der Waals surface area contributed by atoms with Gasteiger partial charge in [0, 0.05) is 29.7 Å². The number of carbonyl (C=O) groups is 2. The molecule has 0 aromatic carbocycles. The number of primary amides is 1. The Hall–Kier alpha value is -1.67. The number of nitrogens with one attached hydrogen (secondary N) is 1. The summed E-state index contributed by atoms with van der Waals surface area (Å²) >= 11 is 1.52. The minimum absolute atomic E-state index is 0.0210. The van der Waals surface area contributed by atoms with Gasteiger partial charge in [0.1, 0.15) is 0 Å². The first kappa shape index (κ1) is 22.5. The van der Waals surface area contributed by atoms with Crippen LogP contribution in [-0.4, -0.2) is 51.4 Å². The Morgan fingerprint density at radius 1 is 1.00 bits per heavy atom. The molecular formula is C23H37N5O2S. The zero-order valence-corrected chi connectivity index (χ0v) is 19.4. The second kappa shape index (κ2) is 10.8. The molecule has 0 spiro atoms. The number of anilines is 1. The van der Waals surface area contributed by atoms with Crippen LogP contribution < -0.4 is 11.1 Å². The molecule has 7 nitrogen and oxygen atoms in total. The molecule has 2 heterocycles. The highest BCUT2D eigenvalue weighted by Crippen LogP contribution is 2.31. The standard InChI is InChI=1S/C23H37N5O2S/c24-21(29)20-13-7-8-14-27(20)16-19-15-25-22(31-19)26-23(30)28(17-9-3-1-4-10-17)18-11-5-2-6-12-18/h15,17-18,20H,1-14,16H2,(H2,24,29)(H,25,26,30). The summed E-state index contributed by atoms with van der Waals surface area (Å²) in [5.74, 6) is -0.242. The molecule has 0 radical (unpaired) electrons. The van der Waals surface area contributed by atoms with Crippen molar-refractivity contribution in [1.82, 2.24) is 14.8 Å². The number of hydrogen-bond acceptors (Lipinski definition) is 5. The number of urea groups is 1. The summed E-state index contributed by atoms with van der Waals surface area (Å²) in [7, 11) is 0. The molecule has 31 heavy (non-hydrogen) atoms. The number of thiazole rings is 1. The van der Waals surface area contributed by atoms with Crippen molar-refractivity contribution in [2.24, 2.45) is 5.73 Å². The Morgan fingerprint density at radius 3 is 2.23 bits per heavy atom. The van der Waals surface area contributed by atoms with Gasteiger partial charge in [-0.15, -0.1) is 11.3 Å². The zero-order valence-electron chi connectivity index (χ0n) is 18.6. The topological polar surface area (TPSA) is 91.6 Å². The number of likely N-dealkylation sites (tertiary alicyclic amines) is 1. The van der Waals surface area contributed by atoms with Crippen LogP contribution in [0.5, 0.6) is 0 Å². The van der Waals surface area contributed by atoms with E-state index < -0.39 is 0 Å². The molecule has 2 saturated carbocycles. The van der Waals surface area contributed by atoms with Crippen LogP contribution in [0.15, 0.2) is 6.20 Å². The van der Waals surface area contributed by atoms with Gasteiger partial charge in [-0.2, -0.15) is 0 Å². The lowest BCUT2D eigenvalue weighted by atomic mass is 9.89. The van der Waals surface area contributed by atoms with Gasteiger partial charge in [0.25, 0.3) is 0 Å². The van der Waals surface area contributed by atoms with Crippen LogP contribution in [0.2, 0.25) is 0 Å². The fourth-order valence-corrected chi connectivity index (χ4v) is 6.47. The molecule has 0 bridgehead atoms. The fraction of sp³-hybridized carbons (Fsp3) is 0.783. The van der Waals surface area contributed by atoms with E-state index >= 15 is 0 Å². The molecule has 3 fully saturated rings. The van der Waals surface area contributed by atoms with Crippen LogP contribution in [0.4, 0.5) is 9.93 Å². The number of rotatable bonds is 6. The lowest BCUT2D eigenvalue weighted by Crippen LogP contribution is -2.50. The van der Waals surface area contributed by atoms with Gasteiger partial charge >= 0.3 is 6.03 Å². The summed E-state index contributed by atoms with van der Waals surface area (Å²) in [5, 5.41) is 3.77. The molecule has 1 aliphatic heterocycles. The molecule has 1 unspecified atom stereocenters. The summed E-state index contributed by atoms with van der Waals surface area (Å²) in [4.78, 5) is 35.0. The molecule has 3 N–H and O–H groups in total. The quantitative estimate of drug-likeness (QED) is 0.672. The molecule has 3 aliphatic rings. The van der Waals surface area contributed by atoms with E-state index in [1.807, 2.05) is 6.20 Å². The highest BCUT2D eigenvalue weighted by atomic mass is 32.1. The highest BCUT2D eigenvalue weighted by Gasteiger charge is 2.33. The number of aromatic nitrogens is 1. The van der Waals surface area contributed by atoms with E-state index in [2.05, 4.69) is 20.1 Å². The van der Waals surface area contributed by atoms with Gasteiger partial charge in [-0.3, -0.25) is 15.0 Å². The van der Waals surface area contributed by atoms with Gasteiger partial charge in [0.15, 0.2) is 5.13 Å². The van der Waals surface area contributed by atoms with E-state index in [0.717, 1.165) is 56.4 Å². The zero-order chi connectivity index (χ0) is 21.6. The smallest absolute Gasteiger partial charge is 0.324 e. The number of nitrogens with two attached hydrogens (primary N) is 1. The van der Waals surface area contributed by atoms with Gasteiger partial charge in [0.2, 0.25) is 5.91 Å². The summed E-state index contributed by atoms with van der Waals surface area (Å²) in [5.41, 5.74) is 5.60. The first-order chi connectivity index (χ1) is 15.1. The molecule has 1 atom stereocenters. The van der Waals surface area contributed by atoms with Crippen LogP contribution in [0.25, 0.3) is 0 Å². The van der Waals surface area contributed by atoms with Crippen LogP contribution in [-0.2, 0) is 11.3 Å². The third kappa shape index (κ3) is 5.77. The van der Waals surface area contributed by atoms with Crippen molar-refractivity contribution in [3.63, 3.8) is 0 Å². The normalized spacial score (nSPS) is 24.1. The maximum atomic E-state index is 13.4. The summed E-state index contributed by atoms with van der Waals surface area (Å²) in [6.45, 7) is 1.54. The van der Waals surface area contributed by atoms with Crippen LogP contribution in [0, 0.1) is 0 Å². The Bertz CT molecular complexity index is 724. The predicted molar refractivity (Wildman–Crippen MR) is 124 cm³/mol. The van der Waals surface area contributed by atoms with E-state index in [1.165, 1.54) is 49.9 Å². The van der Waals surface area contributed by atoms with Crippen molar-refractivity contribution in [3.05, 3.63) is 11.1 Å². The van der Waals surface area contributed by atoms with Crippen molar-refractivity contribution in [3.8, 4) is 0 Å². The maximum Gasteiger partial charge on any atom is 0.324 e. The number of piperidine rings is 1. The van der Waals surface area contributed by atoms with E-state index in [1.54, 1.807) is 0 Å². The van der Waals surface area contributed by atoms with E-state index in [4.69, 9.17) is 5.73 Å². The summed E-state index contributed by atoms with van der Waals surface area (Å²) in [6, 6.07) is 0.552. The van der Waals surface area contributed by atoms with Gasteiger partial charge in [-0.05, 0) is 45.1 Å². The first-order valence-electron chi connectivity index (χ1n) is 12.2. The number of hydrogen-bond donors (Lipinski definition) is 2. The molecule has 2 aliphatic carbocycles. The van der Waals surface area contributed by atoms with Gasteiger partial charge in [-0.25, -0.2) is 9.78 Å². The third-order valence-electron chi connectivity index (χ3n) is 7.24. The largest absolute Gasteiger partial charge is 0.368 e. The lowest BCUT2D eigenvalue weighted by molar-refractivity contribution is -0.124. The van der Waals surface area contributed by atoms with Crippen molar-refractivity contribution < 1.29 is 9.59 Å². The summed E-state index contributed by atoms with van der Waals surface area (Å²) < 4.78 is 0. The molecule has 1 aromatic heterocycles. The monoisotopic (exact) mass is 447 g/mol. The molecule has 1 saturated heterocycles. The molecule has 4 rings (SSSR count). The van der Waals surface area contributed by atoms with Crippen molar-refractivity contribution >= 4 is 28.4 Å². The van der Waals surface area contributed by atoms with Crippen LogP contribution >= 0.6 is 11.3 Å². The Balaban J connectivity index is 1.40. The molecular weight excluding hydrogens is 410 g/mol. The number of nitrogens with zero attached hydrogens (tertiary/aromatic N) is 3. The SMILES string of the molecule is NC(=O)C1CCCCN1Cc1cnc(NC(=O)N(C2CCCCC2)C2CCCCC2)s1. The number of amides is 3. The minimum atomic E-state index is -0.242. The first-order valence-corrected chi connectivity index (χ1v) is 13.0. The molecule has 8 heteroatoms. The Labute approximate surface area is 189 Å². The summed E-state index contributed by atoms with van der Waals surface area (Å²) in [6.07, 6.45) is 16.7. The second-order valence-corrected chi connectivity index (χ2v) is 10.6. The molecule has 172 valence electrons. The predicted octanol–water partition coefficient (Wildman–Crippen LogP) is 4.48. The third-order valence-corrected chi connectivity index (χ3v) is 8.14. The van der Waals surface area contributed by atoms with E-state index in [-0.39, 0.29) is 18.0 Å². The van der Waals surface area contributed by atoms with Gasteiger partial charge in [-0.1, -0.05) is 44.9 Å². The Morgan fingerprint density at radius 2 is 1.61 bits per heavy atom. The fourth-order valence-electron chi connectivity index (χ4n) is 5.65. The molecule has 3 amide bonds. The number of carbonyl (C=O) groups excluding carboxylic acids is 2.